The van der Waals surface area contributed by atoms with E-state index in [0.29, 0.717) is 11.4 Å². The summed E-state index contributed by atoms with van der Waals surface area (Å²) in [5, 5.41) is 9.72. The zero-order valence-corrected chi connectivity index (χ0v) is 15.9. The van der Waals surface area contributed by atoms with E-state index in [9.17, 15) is 14.7 Å². The largest absolute Gasteiger partial charge is 0.480 e. The predicted molar refractivity (Wildman–Crippen MR) is 108 cm³/mol. The molecule has 6 heteroatoms. The Labute approximate surface area is 162 Å². The first-order chi connectivity index (χ1) is 12.5. The number of thioether (sulfide) groups is 1. The second-order valence-corrected chi connectivity index (χ2v) is 7.75. The fraction of sp³-hybridized carbons (Fsp3) is 0.250. The summed E-state index contributed by atoms with van der Waals surface area (Å²) < 4.78 is 0. The van der Waals surface area contributed by atoms with E-state index in [1.165, 1.54) is 12.5 Å². The summed E-state index contributed by atoms with van der Waals surface area (Å²) in [6, 6.07) is 16.8. The fourth-order valence-electron chi connectivity index (χ4n) is 3.23. The van der Waals surface area contributed by atoms with Crippen molar-refractivity contribution < 1.29 is 14.7 Å². The third-order valence-electron chi connectivity index (χ3n) is 4.43. The van der Waals surface area contributed by atoms with Crippen LogP contribution in [-0.4, -0.2) is 34.3 Å². The van der Waals surface area contributed by atoms with Gasteiger partial charge in [-0.05, 0) is 24.6 Å². The fourth-order valence-corrected chi connectivity index (χ4v) is 4.69. The van der Waals surface area contributed by atoms with Gasteiger partial charge >= 0.3 is 5.97 Å². The van der Waals surface area contributed by atoms with Gasteiger partial charge in [0, 0.05) is 15.5 Å². The van der Waals surface area contributed by atoms with Gasteiger partial charge in [-0.2, -0.15) is 0 Å². The molecule has 134 valence electrons. The molecule has 2 aromatic rings. The molecule has 1 fully saturated rings. The van der Waals surface area contributed by atoms with Gasteiger partial charge in [-0.1, -0.05) is 54.7 Å². The molecule has 3 rings (SSSR count). The van der Waals surface area contributed by atoms with Crippen LogP contribution in [0.3, 0.4) is 0 Å². The van der Waals surface area contributed by atoms with Crippen LogP contribution in [0.15, 0.2) is 59.5 Å². The summed E-state index contributed by atoms with van der Waals surface area (Å²) in [5.74, 6) is -1.17. The van der Waals surface area contributed by atoms with Gasteiger partial charge in [-0.3, -0.25) is 4.79 Å². The Hall–Kier alpha value is -2.18. The lowest BCUT2D eigenvalue weighted by molar-refractivity contribution is -0.140. The Morgan fingerprint density at radius 1 is 1.15 bits per heavy atom. The number of hydrogen-bond acceptors (Lipinski definition) is 5. The quantitative estimate of drug-likeness (QED) is 0.602. The van der Waals surface area contributed by atoms with E-state index in [1.807, 2.05) is 42.5 Å². The first kappa shape index (κ1) is 18.6. The molecule has 1 unspecified atom stereocenters. The van der Waals surface area contributed by atoms with Crippen molar-refractivity contribution in [3.8, 4) is 0 Å². The number of aliphatic carboxylic acids is 1. The number of anilines is 1. The van der Waals surface area contributed by atoms with Crippen molar-refractivity contribution in [1.82, 2.24) is 0 Å². The molecular formula is C20H19NO3S2. The van der Waals surface area contributed by atoms with Crippen LogP contribution >= 0.6 is 24.0 Å². The molecule has 1 aliphatic heterocycles. The van der Waals surface area contributed by atoms with Crippen LogP contribution in [0.2, 0.25) is 0 Å². The number of benzene rings is 2. The van der Waals surface area contributed by atoms with Crippen molar-refractivity contribution in [2.75, 3.05) is 11.4 Å². The Kier molecular flexibility index (Phi) is 5.74. The summed E-state index contributed by atoms with van der Waals surface area (Å²) in [6.45, 7) is 1.71. The molecule has 0 saturated carbocycles. The van der Waals surface area contributed by atoms with Crippen molar-refractivity contribution in [2.45, 2.75) is 23.6 Å². The van der Waals surface area contributed by atoms with Crippen LogP contribution in [0.1, 0.15) is 12.5 Å². The number of carbonyl (C=O) groups excluding carboxylic acids is 1. The highest BCUT2D eigenvalue weighted by atomic mass is 32.2. The van der Waals surface area contributed by atoms with Gasteiger partial charge in [0.05, 0.1) is 18.2 Å². The van der Waals surface area contributed by atoms with E-state index < -0.39 is 17.9 Å². The standard InChI is InChI=1S/C20H19NO3S2/c1-13(22)18-16(25)11-21(19(18)20(23)24)15-9-5-6-10-17(15)26-12-14-7-3-2-4-8-14/h2-10,18-19H,11-12H2,1H3,(H,23,24)/t18?,19-/m0/s1. The minimum Gasteiger partial charge on any atom is -0.480 e. The molecular weight excluding hydrogens is 366 g/mol. The van der Waals surface area contributed by atoms with Crippen molar-refractivity contribution >= 4 is 46.3 Å². The molecule has 0 bridgehead atoms. The first-order valence-corrected chi connectivity index (χ1v) is 9.67. The topological polar surface area (TPSA) is 57.6 Å². The van der Waals surface area contributed by atoms with Crippen LogP contribution < -0.4 is 4.90 Å². The van der Waals surface area contributed by atoms with Crippen molar-refractivity contribution in [3.05, 3.63) is 60.2 Å². The molecule has 0 aromatic heterocycles. The van der Waals surface area contributed by atoms with Gasteiger partial charge in [0.25, 0.3) is 0 Å². The molecule has 1 saturated heterocycles. The number of para-hydroxylation sites is 1. The van der Waals surface area contributed by atoms with Crippen LogP contribution in [0.25, 0.3) is 0 Å². The van der Waals surface area contributed by atoms with Crippen molar-refractivity contribution in [1.29, 1.82) is 0 Å². The first-order valence-electron chi connectivity index (χ1n) is 8.27. The summed E-state index contributed by atoms with van der Waals surface area (Å²) >= 11 is 6.99. The van der Waals surface area contributed by atoms with Gasteiger partial charge in [0.15, 0.2) is 0 Å². The monoisotopic (exact) mass is 385 g/mol. The lowest BCUT2D eigenvalue weighted by atomic mass is 9.96. The van der Waals surface area contributed by atoms with Gasteiger partial charge in [-0.25, -0.2) is 4.79 Å². The van der Waals surface area contributed by atoms with E-state index in [1.54, 1.807) is 16.7 Å². The lowest BCUT2D eigenvalue weighted by Gasteiger charge is -2.27. The molecule has 1 aliphatic rings. The summed E-state index contributed by atoms with van der Waals surface area (Å²) in [5.41, 5.74) is 2.01. The SMILES string of the molecule is CC(=O)C1C(=S)CN(c2ccccc2SCc2ccccc2)[C@@H]1C(=O)O. The highest BCUT2D eigenvalue weighted by Gasteiger charge is 2.46. The Bertz CT molecular complexity index is 838. The van der Waals surface area contributed by atoms with Crippen LogP contribution in [-0.2, 0) is 15.3 Å². The maximum absolute atomic E-state index is 12.0. The molecule has 26 heavy (non-hydrogen) atoms. The van der Waals surface area contributed by atoms with Gasteiger partial charge in [0.2, 0.25) is 0 Å². The second kappa shape index (κ2) is 8.01. The number of carboxylic acid groups (broad SMARTS) is 1. The molecule has 1 heterocycles. The van der Waals surface area contributed by atoms with E-state index in [-0.39, 0.29) is 5.78 Å². The maximum atomic E-state index is 12.0. The number of carbonyl (C=O) groups is 2. The molecule has 0 aliphatic carbocycles. The predicted octanol–water partition coefficient (Wildman–Crippen LogP) is 3.83. The summed E-state index contributed by atoms with van der Waals surface area (Å²) in [7, 11) is 0. The smallest absolute Gasteiger partial charge is 0.327 e. The minimum atomic E-state index is -1.02. The number of carboxylic acids is 1. The molecule has 4 nitrogen and oxygen atoms in total. The van der Waals surface area contributed by atoms with E-state index in [2.05, 4.69) is 12.1 Å². The Balaban J connectivity index is 1.90. The second-order valence-electron chi connectivity index (χ2n) is 6.21. The number of rotatable bonds is 6. The Morgan fingerprint density at radius 2 is 1.81 bits per heavy atom. The average Bonchev–Trinajstić information content (AvgIpc) is 2.98. The molecule has 0 spiro atoms. The number of hydrogen-bond donors (Lipinski definition) is 1. The minimum absolute atomic E-state index is 0.195. The summed E-state index contributed by atoms with van der Waals surface area (Å²) in [4.78, 5) is 27.1. The Morgan fingerprint density at radius 3 is 2.46 bits per heavy atom. The van der Waals surface area contributed by atoms with E-state index >= 15 is 0 Å². The van der Waals surface area contributed by atoms with Crippen LogP contribution in [0, 0.1) is 5.92 Å². The van der Waals surface area contributed by atoms with E-state index in [4.69, 9.17) is 12.2 Å². The van der Waals surface area contributed by atoms with Crippen LogP contribution in [0.5, 0.6) is 0 Å². The average molecular weight is 386 g/mol. The normalized spacial score (nSPS) is 19.6. The van der Waals surface area contributed by atoms with E-state index in [0.717, 1.165) is 16.3 Å². The van der Waals surface area contributed by atoms with Gasteiger partial charge in [-0.15, -0.1) is 11.8 Å². The van der Waals surface area contributed by atoms with Gasteiger partial charge < -0.3 is 10.0 Å². The number of ketones is 1. The van der Waals surface area contributed by atoms with Crippen molar-refractivity contribution in [3.63, 3.8) is 0 Å². The number of Topliss-reactive ketones (excluding diaryl/α,β-unsaturated/α-hetero) is 1. The third-order valence-corrected chi connectivity index (χ3v) is 5.94. The zero-order valence-electron chi connectivity index (χ0n) is 14.3. The molecule has 2 aromatic carbocycles. The van der Waals surface area contributed by atoms with Crippen LogP contribution in [0.4, 0.5) is 5.69 Å². The summed E-state index contributed by atoms with van der Waals surface area (Å²) in [6.07, 6.45) is 0. The maximum Gasteiger partial charge on any atom is 0.327 e. The van der Waals surface area contributed by atoms with Crippen molar-refractivity contribution in [2.24, 2.45) is 5.92 Å². The molecule has 0 radical (unpaired) electrons. The molecule has 0 amide bonds. The van der Waals surface area contributed by atoms with Gasteiger partial charge in [0.1, 0.15) is 11.8 Å². The highest BCUT2D eigenvalue weighted by molar-refractivity contribution is 7.98. The molecule has 2 atom stereocenters. The third kappa shape index (κ3) is 3.81. The number of thiocarbonyl (C=S) groups is 1. The number of nitrogens with zero attached hydrogens (tertiary/aromatic N) is 1. The molecule has 1 N–H and O–H groups in total. The highest BCUT2D eigenvalue weighted by Crippen LogP contribution is 2.37. The zero-order chi connectivity index (χ0) is 18.7. The lowest BCUT2D eigenvalue weighted by Crippen LogP contribution is -2.42.